The number of aliphatic hydroxyl groups is 1. The maximum absolute atomic E-state index is 12.9. The Morgan fingerprint density at radius 3 is 2.55 bits per heavy atom. The molecule has 2 aliphatic heterocycles. The molecule has 1 saturated heterocycles. The number of hydrogen-bond acceptors (Lipinski definition) is 6. The van der Waals surface area contributed by atoms with Gasteiger partial charge in [-0.25, -0.2) is 4.79 Å². The quantitative estimate of drug-likeness (QED) is 0.284. The van der Waals surface area contributed by atoms with Crippen molar-refractivity contribution in [3.8, 4) is 0 Å². The van der Waals surface area contributed by atoms with E-state index < -0.39 is 24.1 Å². The Hall–Kier alpha value is -2.80. The average molecular weight is 458 g/mol. The molecule has 2 aliphatic rings. The number of carbonyl (C=O) groups excluding carboxylic acids is 4. The van der Waals surface area contributed by atoms with Crippen LogP contribution in [0.4, 0.5) is 0 Å². The lowest BCUT2D eigenvalue weighted by atomic mass is 9.89. The van der Waals surface area contributed by atoms with Crippen molar-refractivity contribution in [3.63, 3.8) is 0 Å². The molecule has 0 aliphatic carbocycles. The summed E-state index contributed by atoms with van der Waals surface area (Å²) in [6, 6.07) is 0. The summed E-state index contributed by atoms with van der Waals surface area (Å²) in [4.78, 5) is 48.2. The number of amides is 2. The van der Waals surface area contributed by atoms with Crippen molar-refractivity contribution >= 4 is 23.6 Å². The summed E-state index contributed by atoms with van der Waals surface area (Å²) in [5.41, 5.74) is 0.702. The van der Waals surface area contributed by atoms with E-state index in [1.807, 2.05) is 25.2 Å². The number of allylic oxidation sites excluding steroid dienone is 4. The smallest absolute Gasteiger partial charge is 0.331 e. The van der Waals surface area contributed by atoms with Crippen LogP contribution in [0.2, 0.25) is 0 Å². The number of cyclic esters (lactones) is 1. The van der Waals surface area contributed by atoms with Gasteiger partial charge in [-0.05, 0) is 50.2 Å². The van der Waals surface area contributed by atoms with E-state index in [1.165, 1.54) is 12.2 Å². The zero-order valence-corrected chi connectivity index (χ0v) is 19.7. The first-order valence-electron chi connectivity index (χ1n) is 11.6. The van der Waals surface area contributed by atoms with Crippen LogP contribution in [0, 0.1) is 17.8 Å². The highest BCUT2D eigenvalue weighted by Crippen LogP contribution is 2.23. The summed E-state index contributed by atoms with van der Waals surface area (Å²) in [6.45, 7) is 5.39. The van der Waals surface area contributed by atoms with Crippen molar-refractivity contribution in [1.82, 2.24) is 5.32 Å². The lowest BCUT2D eigenvalue weighted by molar-refractivity contribution is -0.145. The van der Waals surface area contributed by atoms with Crippen LogP contribution >= 0.6 is 0 Å². The summed E-state index contributed by atoms with van der Waals surface area (Å²) >= 11 is 0. The minimum Gasteiger partial charge on any atom is -0.454 e. The van der Waals surface area contributed by atoms with E-state index in [-0.39, 0.29) is 42.3 Å². The number of ketones is 1. The zero-order chi connectivity index (χ0) is 24.4. The molecule has 0 spiro atoms. The highest BCUT2D eigenvalue weighted by molar-refractivity contribution is 5.97. The SMILES string of the molecule is C/C1=C/[C@@H](C)[C@H](O)C/C=C/CC/C=C/C(=O)O[C@@H]1[C@H](C)C(=O)/C=C/CC1CC(=O)NC(=O)C1. The van der Waals surface area contributed by atoms with Gasteiger partial charge in [0.1, 0.15) is 6.10 Å². The Kier molecular flexibility index (Phi) is 10.5. The van der Waals surface area contributed by atoms with Crippen LogP contribution in [0.25, 0.3) is 0 Å². The molecule has 7 heteroatoms. The molecule has 0 saturated carbocycles. The summed E-state index contributed by atoms with van der Waals surface area (Å²) in [6.07, 6.45) is 13.6. The van der Waals surface area contributed by atoms with Crippen LogP contribution in [0.3, 0.4) is 0 Å². The maximum Gasteiger partial charge on any atom is 0.331 e. The monoisotopic (exact) mass is 457 g/mol. The number of imide groups is 1. The molecular formula is C26H35NO6. The lowest BCUT2D eigenvalue weighted by Crippen LogP contribution is -2.38. The molecule has 2 rings (SSSR count). The van der Waals surface area contributed by atoms with E-state index in [9.17, 15) is 24.3 Å². The van der Waals surface area contributed by atoms with Gasteiger partial charge in [-0.15, -0.1) is 0 Å². The summed E-state index contributed by atoms with van der Waals surface area (Å²) in [7, 11) is 0. The van der Waals surface area contributed by atoms with Crippen molar-refractivity contribution in [2.24, 2.45) is 17.8 Å². The van der Waals surface area contributed by atoms with Gasteiger partial charge < -0.3 is 9.84 Å². The Morgan fingerprint density at radius 1 is 1.18 bits per heavy atom. The predicted molar refractivity (Wildman–Crippen MR) is 125 cm³/mol. The van der Waals surface area contributed by atoms with Gasteiger partial charge in [0.15, 0.2) is 5.78 Å². The first kappa shape index (κ1) is 26.5. The number of carbonyl (C=O) groups is 4. The Labute approximate surface area is 195 Å². The molecule has 0 radical (unpaired) electrons. The van der Waals surface area contributed by atoms with E-state index in [0.717, 1.165) is 6.42 Å². The number of rotatable bonds is 5. The van der Waals surface area contributed by atoms with Crippen molar-refractivity contribution in [1.29, 1.82) is 0 Å². The summed E-state index contributed by atoms with van der Waals surface area (Å²) < 4.78 is 5.65. The normalized spacial score (nSPS) is 30.5. The minimum atomic E-state index is -0.769. The molecule has 0 bridgehead atoms. The van der Waals surface area contributed by atoms with E-state index in [4.69, 9.17) is 4.74 Å². The van der Waals surface area contributed by atoms with Gasteiger partial charge in [0.05, 0.1) is 12.0 Å². The second-order valence-electron chi connectivity index (χ2n) is 8.96. The van der Waals surface area contributed by atoms with Crippen LogP contribution in [0.15, 0.2) is 48.1 Å². The van der Waals surface area contributed by atoms with Gasteiger partial charge in [0, 0.05) is 24.8 Å². The fourth-order valence-corrected chi connectivity index (χ4v) is 4.01. The molecule has 4 atom stereocenters. The van der Waals surface area contributed by atoms with Gasteiger partial charge in [-0.1, -0.05) is 44.2 Å². The molecule has 2 amide bonds. The van der Waals surface area contributed by atoms with Gasteiger partial charge in [-0.2, -0.15) is 0 Å². The van der Waals surface area contributed by atoms with Crippen molar-refractivity contribution in [3.05, 3.63) is 48.1 Å². The highest BCUT2D eigenvalue weighted by atomic mass is 16.5. The average Bonchev–Trinajstić information content (AvgIpc) is 2.74. The van der Waals surface area contributed by atoms with Gasteiger partial charge in [0.25, 0.3) is 0 Å². The Morgan fingerprint density at radius 2 is 1.85 bits per heavy atom. The third-order valence-electron chi connectivity index (χ3n) is 6.00. The second kappa shape index (κ2) is 13.0. The van der Waals surface area contributed by atoms with Crippen molar-refractivity contribution < 1.29 is 29.0 Å². The van der Waals surface area contributed by atoms with Gasteiger partial charge in [-0.3, -0.25) is 19.7 Å². The third kappa shape index (κ3) is 8.92. The van der Waals surface area contributed by atoms with Crippen LogP contribution in [-0.4, -0.2) is 40.9 Å². The van der Waals surface area contributed by atoms with Crippen LogP contribution in [0.5, 0.6) is 0 Å². The number of piperidine rings is 1. The van der Waals surface area contributed by atoms with Crippen molar-refractivity contribution in [2.75, 3.05) is 0 Å². The molecule has 1 fully saturated rings. The first-order valence-corrected chi connectivity index (χ1v) is 11.6. The number of ether oxygens (including phenoxy) is 1. The molecule has 180 valence electrons. The predicted octanol–water partition coefficient (Wildman–Crippen LogP) is 3.34. The number of nitrogens with one attached hydrogen (secondary N) is 1. The highest BCUT2D eigenvalue weighted by Gasteiger charge is 2.28. The molecule has 0 aromatic rings. The largest absolute Gasteiger partial charge is 0.454 e. The van der Waals surface area contributed by atoms with E-state index in [1.54, 1.807) is 26.0 Å². The Balaban J connectivity index is 2.13. The molecule has 33 heavy (non-hydrogen) atoms. The van der Waals surface area contributed by atoms with Crippen LogP contribution < -0.4 is 5.32 Å². The first-order chi connectivity index (χ1) is 15.7. The third-order valence-corrected chi connectivity index (χ3v) is 6.00. The zero-order valence-electron chi connectivity index (χ0n) is 19.7. The van der Waals surface area contributed by atoms with E-state index >= 15 is 0 Å². The molecular weight excluding hydrogens is 422 g/mol. The van der Waals surface area contributed by atoms with Gasteiger partial charge >= 0.3 is 5.97 Å². The Bertz CT molecular complexity index is 837. The van der Waals surface area contributed by atoms with Gasteiger partial charge in [0.2, 0.25) is 11.8 Å². The molecule has 2 heterocycles. The van der Waals surface area contributed by atoms with Crippen molar-refractivity contribution in [2.45, 2.75) is 71.5 Å². The fraction of sp³-hybridized carbons (Fsp3) is 0.538. The molecule has 7 nitrogen and oxygen atoms in total. The number of aliphatic hydroxyl groups excluding tert-OH is 1. The molecule has 0 aromatic carbocycles. The van der Waals surface area contributed by atoms with Crippen LogP contribution in [0.1, 0.15) is 59.3 Å². The summed E-state index contributed by atoms with van der Waals surface area (Å²) in [5, 5.41) is 12.7. The number of esters is 1. The topological polar surface area (TPSA) is 110 Å². The minimum absolute atomic E-state index is 0.124. The fourth-order valence-electron chi connectivity index (χ4n) is 4.01. The molecule has 0 unspecified atom stereocenters. The summed E-state index contributed by atoms with van der Waals surface area (Å²) in [5.74, 6) is -2.26. The lowest BCUT2D eigenvalue weighted by Gasteiger charge is -2.25. The maximum atomic E-state index is 12.9. The number of hydrogen-bond donors (Lipinski definition) is 2. The molecule has 0 aromatic heterocycles. The molecule has 2 N–H and O–H groups in total. The van der Waals surface area contributed by atoms with Crippen LogP contribution in [-0.2, 0) is 23.9 Å². The second-order valence-corrected chi connectivity index (χ2v) is 8.96. The van der Waals surface area contributed by atoms with E-state index in [2.05, 4.69) is 5.32 Å². The standard InChI is InChI=1S/C26H35NO6/c1-17-14-18(2)26(33-25(32)13-8-6-4-5-7-11-21(17)28)19(3)22(29)12-9-10-20-15-23(30)27-24(31)16-20/h5,7-9,12-14,17,19-21,26,28H,4,6,10-11,15-16H2,1-3H3,(H,27,30,31)/b7-5+,12-9+,13-8+,18-14-/t17-,19-,21-,26+/m1/s1. The van der Waals surface area contributed by atoms with E-state index in [0.29, 0.717) is 24.8 Å².